The number of amides is 3. The van der Waals surface area contributed by atoms with Gasteiger partial charge in [-0.3, -0.25) is 4.79 Å². The lowest BCUT2D eigenvalue weighted by atomic mass is 10.1. The van der Waals surface area contributed by atoms with Crippen LogP contribution in [0.2, 0.25) is 0 Å². The summed E-state index contributed by atoms with van der Waals surface area (Å²) in [5.74, 6) is -0.336. The van der Waals surface area contributed by atoms with Crippen LogP contribution in [-0.4, -0.2) is 51.5 Å². The second-order valence-electron chi connectivity index (χ2n) is 6.90. The molecule has 1 aliphatic rings. The van der Waals surface area contributed by atoms with Crippen molar-refractivity contribution in [1.82, 2.24) is 25.2 Å². The van der Waals surface area contributed by atoms with Gasteiger partial charge in [-0.05, 0) is 55.3 Å². The molecule has 4 rings (SSSR count). The molecule has 29 heavy (non-hydrogen) atoms. The van der Waals surface area contributed by atoms with Crippen molar-refractivity contribution in [1.29, 1.82) is 0 Å². The first-order valence-corrected chi connectivity index (χ1v) is 9.53. The van der Waals surface area contributed by atoms with E-state index in [1.807, 2.05) is 11.0 Å². The maximum absolute atomic E-state index is 12.9. The monoisotopic (exact) mass is 396 g/mol. The van der Waals surface area contributed by atoms with Crippen LogP contribution in [0.15, 0.2) is 42.5 Å². The molecule has 3 amide bonds. The van der Waals surface area contributed by atoms with Crippen molar-refractivity contribution >= 4 is 28.7 Å². The molecule has 2 N–H and O–H groups in total. The van der Waals surface area contributed by atoms with Crippen LogP contribution in [0.4, 0.5) is 14.9 Å². The Morgan fingerprint density at radius 1 is 1.07 bits per heavy atom. The molecule has 8 nitrogen and oxygen atoms in total. The van der Waals surface area contributed by atoms with E-state index in [4.69, 9.17) is 0 Å². The molecule has 2 aromatic carbocycles. The molecule has 3 aromatic rings. The Bertz CT molecular complexity index is 1030. The zero-order valence-electron chi connectivity index (χ0n) is 15.8. The van der Waals surface area contributed by atoms with Crippen molar-refractivity contribution in [3.05, 3.63) is 53.8 Å². The summed E-state index contributed by atoms with van der Waals surface area (Å²) in [6.45, 7) is 2.36. The molecule has 9 heteroatoms. The molecule has 150 valence electrons. The predicted octanol–water partition coefficient (Wildman–Crippen LogP) is 2.63. The summed E-state index contributed by atoms with van der Waals surface area (Å²) < 4.78 is 14.6. The quantitative estimate of drug-likeness (QED) is 0.694. The summed E-state index contributed by atoms with van der Waals surface area (Å²) >= 11 is 0. The van der Waals surface area contributed by atoms with Crippen LogP contribution < -0.4 is 10.6 Å². The van der Waals surface area contributed by atoms with E-state index >= 15 is 0 Å². The fourth-order valence-electron chi connectivity index (χ4n) is 3.36. The van der Waals surface area contributed by atoms with Gasteiger partial charge in [0.15, 0.2) is 0 Å². The van der Waals surface area contributed by atoms with E-state index in [0.29, 0.717) is 29.9 Å². The Labute approximate surface area is 166 Å². The Kier molecular flexibility index (Phi) is 5.37. The van der Waals surface area contributed by atoms with Gasteiger partial charge in [0.2, 0.25) is 0 Å². The highest BCUT2D eigenvalue weighted by Crippen LogP contribution is 2.17. The SMILES string of the molecule is O=C(NCCn1nnc2cc(C(=O)N3CCCC3)ccc21)Nc1ccc(F)cc1. The topological polar surface area (TPSA) is 92.1 Å². The largest absolute Gasteiger partial charge is 0.339 e. The van der Waals surface area contributed by atoms with Gasteiger partial charge >= 0.3 is 6.03 Å². The van der Waals surface area contributed by atoms with E-state index in [9.17, 15) is 14.0 Å². The van der Waals surface area contributed by atoms with Crippen molar-refractivity contribution < 1.29 is 14.0 Å². The van der Waals surface area contributed by atoms with Gasteiger partial charge in [-0.2, -0.15) is 0 Å². The summed E-state index contributed by atoms with van der Waals surface area (Å²) in [5, 5.41) is 13.6. The number of carbonyl (C=O) groups excluding carboxylic acids is 2. The first kappa shape index (κ1) is 18.9. The molecule has 0 saturated carbocycles. The zero-order valence-corrected chi connectivity index (χ0v) is 15.8. The fourth-order valence-corrected chi connectivity index (χ4v) is 3.36. The third-order valence-electron chi connectivity index (χ3n) is 4.87. The molecule has 1 aromatic heterocycles. The normalized spacial score (nSPS) is 13.6. The van der Waals surface area contributed by atoms with Gasteiger partial charge in [0.25, 0.3) is 5.91 Å². The molecular weight excluding hydrogens is 375 g/mol. The van der Waals surface area contributed by atoms with Crippen LogP contribution in [0.1, 0.15) is 23.2 Å². The number of benzene rings is 2. The Morgan fingerprint density at radius 2 is 1.83 bits per heavy atom. The maximum atomic E-state index is 12.9. The number of nitrogens with zero attached hydrogens (tertiary/aromatic N) is 4. The van der Waals surface area contributed by atoms with E-state index in [-0.39, 0.29) is 17.8 Å². The summed E-state index contributed by atoms with van der Waals surface area (Å²) in [6, 6.07) is 10.5. The van der Waals surface area contributed by atoms with Crippen LogP contribution >= 0.6 is 0 Å². The van der Waals surface area contributed by atoms with Gasteiger partial charge in [0.1, 0.15) is 11.3 Å². The molecule has 1 aliphatic heterocycles. The van der Waals surface area contributed by atoms with Gasteiger partial charge in [-0.1, -0.05) is 5.21 Å². The van der Waals surface area contributed by atoms with Crippen LogP contribution in [0.25, 0.3) is 11.0 Å². The molecule has 0 spiro atoms. The lowest BCUT2D eigenvalue weighted by Gasteiger charge is -2.14. The van der Waals surface area contributed by atoms with Gasteiger partial charge in [-0.25, -0.2) is 13.9 Å². The molecule has 0 atom stereocenters. The molecule has 2 heterocycles. The minimum absolute atomic E-state index is 0.0260. The minimum atomic E-state index is -0.389. The summed E-state index contributed by atoms with van der Waals surface area (Å²) in [4.78, 5) is 26.3. The number of halogens is 1. The second kappa shape index (κ2) is 8.26. The molecule has 1 fully saturated rings. The maximum Gasteiger partial charge on any atom is 0.319 e. The fraction of sp³-hybridized carbons (Fsp3) is 0.300. The van der Waals surface area contributed by atoms with E-state index in [1.165, 1.54) is 24.3 Å². The first-order chi connectivity index (χ1) is 14.1. The number of hydrogen-bond acceptors (Lipinski definition) is 4. The van der Waals surface area contributed by atoms with Crippen LogP contribution in [0.3, 0.4) is 0 Å². The number of urea groups is 1. The number of rotatable bonds is 5. The number of carbonyl (C=O) groups is 2. The third kappa shape index (κ3) is 4.34. The van der Waals surface area contributed by atoms with Crippen LogP contribution in [-0.2, 0) is 6.54 Å². The highest BCUT2D eigenvalue weighted by atomic mass is 19.1. The Morgan fingerprint density at radius 3 is 2.59 bits per heavy atom. The molecule has 1 saturated heterocycles. The Balaban J connectivity index is 1.34. The van der Waals surface area contributed by atoms with Crippen molar-refractivity contribution in [2.24, 2.45) is 0 Å². The van der Waals surface area contributed by atoms with Crippen molar-refractivity contribution in [2.45, 2.75) is 19.4 Å². The van der Waals surface area contributed by atoms with Gasteiger partial charge < -0.3 is 15.5 Å². The van der Waals surface area contributed by atoms with Gasteiger partial charge in [-0.15, -0.1) is 5.10 Å². The second-order valence-corrected chi connectivity index (χ2v) is 6.90. The van der Waals surface area contributed by atoms with Crippen LogP contribution in [0, 0.1) is 5.82 Å². The first-order valence-electron chi connectivity index (χ1n) is 9.53. The minimum Gasteiger partial charge on any atom is -0.339 e. The number of fused-ring (bicyclic) bond motifs is 1. The van der Waals surface area contributed by atoms with Crippen molar-refractivity contribution in [3.8, 4) is 0 Å². The van der Waals surface area contributed by atoms with E-state index in [1.54, 1.807) is 16.8 Å². The molecule has 0 bridgehead atoms. The number of hydrogen-bond donors (Lipinski definition) is 2. The average molecular weight is 396 g/mol. The smallest absolute Gasteiger partial charge is 0.319 e. The number of likely N-dealkylation sites (tertiary alicyclic amines) is 1. The number of anilines is 1. The molecular formula is C20H21FN6O2. The van der Waals surface area contributed by atoms with Crippen molar-refractivity contribution in [2.75, 3.05) is 25.0 Å². The molecule has 0 radical (unpaired) electrons. The third-order valence-corrected chi connectivity index (χ3v) is 4.87. The molecule has 0 unspecified atom stereocenters. The average Bonchev–Trinajstić information content (AvgIpc) is 3.39. The summed E-state index contributed by atoms with van der Waals surface area (Å²) in [7, 11) is 0. The summed E-state index contributed by atoms with van der Waals surface area (Å²) in [6.07, 6.45) is 2.10. The standard InChI is InChI=1S/C20H21FN6O2/c21-15-4-6-16(7-5-15)23-20(29)22-9-12-27-18-8-3-14(13-17(18)24-25-27)19(28)26-10-1-2-11-26/h3-8,13H,1-2,9-12H2,(H2,22,23,29). The van der Waals surface area contributed by atoms with Gasteiger partial charge in [0.05, 0.1) is 12.1 Å². The molecule has 0 aliphatic carbocycles. The summed E-state index contributed by atoms with van der Waals surface area (Å²) in [5.41, 5.74) is 2.56. The number of aromatic nitrogens is 3. The highest BCUT2D eigenvalue weighted by Gasteiger charge is 2.20. The zero-order chi connectivity index (χ0) is 20.2. The van der Waals surface area contributed by atoms with Crippen molar-refractivity contribution in [3.63, 3.8) is 0 Å². The van der Waals surface area contributed by atoms with E-state index < -0.39 is 0 Å². The van der Waals surface area contributed by atoms with E-state index in [2.05, 4.69) is 20.9 Å². The Hall–Kier alpha value is -3.49. The van der Waals surface area contributed by atoms with Crippen LogP contribution in [0.5, 0.6) is 0 Å². The predicted molar refractivity (Wildman–Crippen MR) is 106 cm³/mol. The lowest BCUT2D eigenvalue weighted by Crippen LogP contribution is -2.31. The van der Waals surface area contributed by atoms with Gasteiger partial charge in [0, 0.05) is 30.9 Å². The van der Waals surface area contributed by atoms with E-state index in [0.717, 1.165) is 31.4 Å². The number of nitrogens with one attached hydrogen (secondary N) is 2. The highest BCUT2D eigenvalue weighted by molar-refractivity contribution is 5.97. The lowest BCUT2D eigenvalue weighted by molar-refractivity contribution is 0.0793.